The van der Waals surface area contributed by atoms with E-state index in [9.17, 15) is 18.4 Å². The zero-order chi connectivity index (χ0) is 27.4. The van der Waals surface area contributed by atoms with E-state index >= 15 is 0 Å². The van der Waals surface area contributed by atoms with Crippen LogP contribution in [-0.4, -0.2) is 44.3 Å². The first-order valence-electron chi connectivity index (χ1n) is 12.3. The summed E-state index contributed by atoms with van der Waals surface area (Å²) in [4.78, 5) is 28.1. The predicted octanol–water partition coefficient (Wildman–Crippen LogP) is 5.10. The van der Waals surface area contributed by atoms with Crippen LogP contribution in [0, 0.1) is 17.6 Å². The molecule has 0 bridgehead atoms. The molecular weight excluding hydrogens is 528 g/mol. The van der Waals surface area contributed by atoms with Crippen LogP contribution in [0.2, 0.25) is 5.02 Å². The lowest BCUT2D eigenvalue weighted by Gasteiger charge is -2.24. The zero-order valence-corrected chi connectivity index (χ0v) is 21.4. The number of nitrogens with one attached hydrogen (secondary N) is 1. The van der Waals surface area contributed by atoms with Crippen molar-refractivity contribution in [2.75, 3.05) is 11.9 Å². The minimum atomic E-state index is -0.722. The summed E-state index contributed by atoms with van der Waals surface area (Å²) in [6.07, 6.45) is 3.96. The maximum atomic E-state index is 13.5. The smallest absolute Gasteiger partial charge is 0.247 e. The van der Waals surface area contributed by atoms with Crippen LogP contribution in [-0.2, 0) is 22.6 Å². The van der Waals surface area contributed by atoms with E-state index in [1.807, 2.05) is 0 Å². The molecule has 5 rings (SSSR count). The molecule has 1 fully saturated rings. The molecule has 3 aromatic carbocycles. The van der Waals surface area contributed by atoms with Gasteiger partial charge in [0.2, 0.25) is 11.8 Å². The van der Waals surface area contributed by atoms with Gasteiger partial charge in [-0.2, -0.15) is 0 Å². The summed E-state index contributed by atoms with van der Waals surface area (Å²) < 4.78 is 33.7. The Labute approximate surface area is 228 Å². The lowest BCUT2D eigenvalue weighted by molar-refractivity contribution is -0.137. The van der Waals surface area contributed by atoms with Crippen molar-refractivity contribution >= 4 is 29.1 Å². The van der Waals surface area contributed by atoms with Crippen LogP contribution in [0.5, 0.6) is 11.5 Å². The van der Waals surface area contributed by atoms with Gasteiger partial charge >= 0.3 is 0 Å². The minimum Gasteiger partial charge on any atom is -0.457 e. The fraction of sp³-hybridized carbons (Fsp3) is 0.214. The van der Waals surface area contributed by atoms with Crippen molar-refractivity contribution in [1.29, 1.82) is 0 Å². The lowest BCUT2D eigenvalue weighted by atomic mass is 9.96. The maximum absolute atomic E-state index is 13.5. The molecule has 0 unspecified atom stereocenters. The van der Waals surface area contributed by atoms with Gasteiger partial charge in [-0.25, -0.2) is 13.5 Å². The number of anilines is 1. The van der Waals surface area contributed by atoms with Gasteiger partial charge in [-0.3, -0.25) is 9.59 Å². The highest BCUT2D eigenvalue weighted by Crippen LogP contribution is 2.31. The van der Waals surface area contributed by atoms with Crippen molar-refractivity contribution in [1.82, 2.24) is 19.9 Å². The molecule has 2 heterocycles. The highest BCUT2D eigenvalue weighted by Gasteiger charge is 2.39. The number of halogens is 3. The van der Waals surface area contributed by atoms with Gasteiger partial charge in [0.05, 0.1) is 6.20 Å². The number of ether oxygens (including phenoxy) is 1. The topological polar surface area (TPSA) is 89.4 Å². The van der Waals surface area contributed by atoms with Crippen molar-refractivity contribution in [3.63, 3.8) is 0 Å². The van der Waals surface area contributed by atoms with Crippen molar-refractivity contribution in [3.8, 4) is 11.5 Å². The van der Waals surface area contributed by atoms with Crippen LogP contribution in [0.3, 0.4) is 0 Å². The maximum Gasteiger partial charge on any atom is 0.247 e. The van der Waals surface area contributed by atoms with E-state index in [0.717, 1.165) is 5.56 Å². The van der Waals surface area contributed by atoms with Gasteiger partial charge in [0.15, 0.2) is 0 Å². The van der Waals surface area contributed by atoms with E-state index in [-0.39, 0.29) is 30.1 Å². The molecule has 0 saturated carbocycles. The number of rotatable bonds is 8. The van der Waals surface area contributed by atoms with Crippen molar-refractivity contribution in [2.24, 2.45) is 5.92 Å². The van der Waals surface area contributed by atoms with Crippen LogP contribution >= 0.6 is 11.6 Å². The van der Waals surface area contributed by atoms with Gasteiger partial charge in [-0.15, -0.1) is 5.10 Å². The normalized spacial score (nSPS) is 16.7. The molecule has 1 saturated heterocycles. The van der Waals surface area contributed by atoms with Gasteiger partial charge in [0.25, 0.3) is 0 Å². The third-order valence-corrected chi connectivity index (χ3v) is 6.83. The number of hydrogen-bond donors (Lipinski definition) is 1. The summed E-state index contributed by atoms with van der Waals surface area (Å²) in [6.45, 7) is 0.285. The second kappa shape index (κ2) is 11.6. The van der Waals surface area contributed by atoms with Crippen LogP contribution in [0.4, 0.5) is 14.5 Å². The number of amides is 2. The van der Waals surface area contributed by atoms with Crippen molar-refractivity contribution in [2.45, 2.75) is 25.4 Å². The summed E-state index contributed by atoms with van der Waals surface area (Å²) in [6, 6.07) is 15.9. The van der Waals surface area contributed by atoms with E-state index in [1.165, 1.54) is 47.3 Å². The van der Waals surface area contributed by atoms with Crippen LogP contribution in [0.1, 0.15) is 12.0 Å². The first-order chi connectivity index (χ1) is 18.8. The molecule has 2 atom stereocenters. The van der Waals surface area contributed by atoms with Crippen molar-refractivity contribution in [3.05, 3.63) is 101 Å². The number of aromatic nitrogens is 3. The molecule has 39 heavy (non-hydrogen) atoms. The Morgan fingerprint density at radius 2 is 1.69 bits per heavy atom. The molecule has 0 spiro atoms. The predicted molar refractivity (Wildman–Crippen MR) is 140 cm³/mol. The molecule has 2 amide bonds. The molecule has 8 nitrogen and oxygen atoms in total. The third-order valence-electron chi connectivity index (χ3n) is 6.47. The van der Waals surface area contributed by atoms with Gasteiger partial charge in [-0.05, 0) is 85.0 Å². The quantitative estimate of drug-likeness (QED) is 0.329. The Balaban J connectivity index is 1.28. The summed E-state index contributed by atoms with van der Waals surface area (Å²) in [5, 5.41) is 10.8. The molecule has 1 aromatic heterocycles. The van der Waals surface area contributed by atoms with E-state index in [1.54, 1.807) is 41.4 Å². The molecule has 0 radical (unpaired) electrons. The average Bonchev–Trinajstić information content (AvgIpc) is 3.58. The molecule has 1 aliphatic heterocycles. The van der Waals surface area contributed by atoms with E-state index in [0.29, 0.717) is 41.6 Å². The summed E-state index contributed by atoms with van der Waals surface area (Å²) in [5.74, 6) is -0.447. The highest BCUT2D eigenvalue weighted by molar-refractivity contribution is 6.31. The number of carbonyl (C=O) groups is 2. The first kappa shape index (κ1) is 26.3. The summed E-state index contributed by atoms with van der Waals surface area (Å²) >= 11 is 6.23. The molecule has 4 aromatic rings. The van der Waals surface area contributed by atoms with E-state index < -0.39 is 11.9 Å². The second-order valence-electron chi connectivity index (χ2n) is 9.27. The number of hydrogen-bond acceptors (Lipinski definition) is 5. The van der Waals surface area contributed by atoms with E-state index in [4.69, 9.17) is 16.3 Å². The number of nitrogens with zero attached hydrogens (tertiary/aromatic N) is 4. The van der Waals surface area contributed by atoms with Gasteiger partial charge < -0.3 is 15.0 Å². The van der Waals surface area contributed by atoms with Gasteiger partial charge in [0, 0.05) is 23.5 Å². The molecular formula is C28H24ClF2N5O3. The molecule has 11 heteroatoms. The average molecular weight is 552 g/mol. The number of benzene rings is 3. The number of carbonyl (C=O) groups excluding carboxylic acids is 2. The Hall–Kier alpha value is -4.31. The summed E-state index contributed by atoms with van der Waals surface area (Å²) in [5.41, 5.74) is 1.28. The molecule has 1 aliphatic rings. The largest absolute Gasteiger partial charge is 0.457 e. The van der Waals surface area contributed by atoms with Crippen LogP contribution in [0.25, 0.3) is 0 Å². The van der Waals surface area contributed by atoms with Crippen LogP contribution in [0.15, 0.2) is 79.1 Å². The Kier molecular flexibility index (Phi) is 7.83. The lowest BCUT2D eigenvalue weighted by Crippen LogP contribution is -2.44. The Bertz CT molecular complexity index is 1450. The fourth-order valence-electron chi connectivity index (χ4n) is 4.61. The third kappa shape index (κ3) is 6.58. The standard InChI is InChI=1S/C28H24ClF2N5O3/c29-25-15-21(31)2-1-19(25)13-18-14-26(36(16-18)27(37)17-35-12-11-32-34-35)28(38)33-22-5-9-24(10-6-22)39-23-7-3-20(30)4-8-23/h1-12,15,18,26H,13-14,16-17H2,(H,33,38)/t18-,26+/m1/s1. The monoisotopic (exact) mass is 551 g/mol. The molecule has 200 valence electrons. The highest BCUT2D eigenvalue weighted by atomic mass is 35.5. The van der Waals surface area contributed by atoms with E-state index in [2.05, 4.69) is 15.6 Å². The SMILES string of the molecule is O=C(Nc1ccc(Oc2ccc(F)cc2)cc1)[C@@H]1C[C@@H](Cc2ccc(F)cc2Cl)CN1C(=O)Cn1ccnn1. The first-order valence-corrected chi connectivity index (χ1v) is 12.6. The summed E-state index contributed by atoms with van der Waals surface area (Å²) in [7, 11) is 0. The minimum absolute atomic E-state index is 0.0524. The fourth-order valence-corrected chi connectivity index (χ4v) is 4.85. The van der Waals surface area contributed by atoms with Gasteiger partial charge in [-0.1, -0.05) is 22.9 Å². The molecule has 1 N–H and O–H groups in total. The van der Waals surface area contributed by atoms with Gasteiger partial charge in [0.1, 0.15) is 35.7 Å². The second-order valence-corrected chi connectivity index (χ2v) is 9.68. The Morgan fingerprint density at radius 3 is 2.36 bits per heavy atom. The Morgan fingerprint density at radius 1 is 1.00 bits per heavy atom. The van der Waals surface area contributed by atoms with Crippen molar-refractivity contribution < 1.29 is 23.1 Å². The zero-order valence-electron chi connectivity index (χ0n) is 20.6. The molecule has 0 aliphatic carbocycles. The van der Waals surface area contributed by atoms with Crippen LogP contribution < -0.4 is 10.1 Å². The number of likely N-dealkylation sites (tertiary alicyclic amines) is 1.